The molecule has 1 aliphatic heterocycles. The lowest BCUT2D eigenvalue weighted by molar-refractivity contribution is 0.102. The van der Waals surface area contributed by atoms with Gasteiger partial charge in [-0.1, -0.05) is 18.2 Å². The van der Waals surface area contributed by atoms with Crippen molar-refractivity contribution >= 4 is 11.6 Å². The van der Waals surface area contributed by atoms with Gasteiger partial charge in [-0.2, -0.15) is 0 Å². The van der Waals surface area contributed by atoms with Crippen LogP contribution >= 0.6 is 0 Å². The van der Waals surface area contributed by atoms with Crippen LogP contribution in [0.2, 0.25) is 0 Å². The molecular formula is C29H30N6O. The van der Waals surface area contributed by atoms with Crippen LogP contribution in [0.25, 0.3) is 11.3 Å². The van der Waals surface area contributed by atoms with Crippen LogP contribution in [0.15, 0.2) is 79.3 Å². The zero-order valence-corrected chi connectivity index (χ0v) is 20.4. The predicted molar refractivity (Wildman–Crippen MR) is 142 cm³/mol. The Labute approximate surface area is 211 Å². The van der Waals surface area contributed by atoms with Crippen LogP contribution in [0.4, 0.5) is 5.69 Å². The molecular weight excluding hydrogens is 448 g/mol. The molecule has 5 rings (SSSR count). The van der Waals surface area contributed by atoms with Crippen LogP contribution < -0.4 is 10.6 Å². The van der Waals surface area contributed by atoms with Crippen LogP contribution in [0.3, 0.4) is 0 Å². The van der Waals surface area contributed by atoms with E-state index >= 15 is 0 Å². The number of amides is 1. The van der Waals surface area contributed by atoms with E-state index in [-0.39, 0.29) is 5.91 Å². The summed E-state index contributed by atoms with van der Waals surface area (Å²) in [5.41, 5.74) is 6.67. The number of nitrogens with one attached hydrogen (secondary N) is 2. The first-order chi connectivity index (χ1) is 17.6. The Hall–Kier alpha value is -3.94. The number of carbonyl (C=O) groups is 1. The molecule has 0 aliphatic carbocycles. The molecule has 36 heavy (non-hydrogen) atoms. The fraction of sp³-hybridized carbons (Fsp3) is 0.241. The molecule has 1 fully saturated rings. The topological polar surface area (TPSA) is 83.0 Å². The standard InChI is InChI=1S/C29H30N6O/c1-21-17-26(33-29(36)23-6-4-22(5-7-23)20-35-15-13-30-14-16-35)9-8-24(21)18-28-32-12-10-27(34-28)25-3-2-11-31-19-25/h2-12,17,19,30H,13-16,18,20H2,1H3,(H,33,36). The number of hydrogen-bond donors (Lipinski definition) is 2. The zero-order chi connectivity index (χ0) is 24.7. The van der Waals surface area contributed by atoms with Crippen molar-refractivity contribution in [2.45, 2.75) is 19.9 Å². The summed E-state index contributed by atoms with van der Waals surface area (Å²) in [6.45, 7) is 7.13. The van der Waals surface area contributed by atoms with Gasteiger partial charge in [0.25, 0.3) is 5.91 Å². The van der Waals surface area contributed by atoms with E-state index in [1.807, 2.05) is 67.6 Å². The molecule has 0 unspecified atom stereocenters. The summed E-state index contributed by atoms with van der Waals surface area (Å²) < 4.78 is 0. The summed E-state index contributed by atoms with van der Waals surface area (Å²) in [4.78, 5) is 28.6. The molecule has 0 radical (unpaired) electrons. The number of aryl methyl sites for hydroxylation is 1. The smallest absolute Gasteiger partial charge is 0.255 e. The van der Waals surface area contributed by atoms with E-state index in [9.17, 15) is 4.79 Å². The van der Waals surface area contributed by atoms with E-state index < -0.39 is 0 Å². The van der Waals surface area contributed by atoms with Gasteiger partial charge in [0.1, 0.15) is 5.82 Å². The minimum absolute atomic E-state index is 0.108. The maximum absolute atomic E-state index is 12.8. The number of rotatable bonds is 7. The summed E-state index contributed by atoms with van der Waals surface area (Å²) >= 11 is 0. The average Bonchev–Trinajstić information content (AvgIpc) is 2.92. The number of nitrogens with zero attached hydrogens (tertiary/aromatic N) is 4. The van der Waals surface area contributed by atoms with Gasteiger partial charge in [-0.25, -0.2) is 9.97 Å². The molecule has 7 heteroatoms. The largest absolute Gasteiger partial charge is 0.322 e. The third kappa shape index (κ3) is 6.00. The Morgan fingerprint density at radius 1 is 1.03 bits per heavy atom. The Kier molecular flexibility index (Phi) is 7.40. The lowest BCUT2D eigenvalue weighted by Gasteiger charge is -2.27. The van der Waals surface area contributed by atoms with E-state index in [1.165, 1.54) is 5.56 Å². The first-order valence-electron chi connectivity index (χ1n) is 12.3. The molecule has 0 atom stereocenters. The number of anilines is 1. The first-order valence-corrected chi connectivity index (χ1v) is 12.3. The molecule has 2 N–H and O–H groups in total. The molecule has 1 amide bonds. The number of aromatic nitrogens is 3. The molecule has 4 aromatic rings. The normalized spacial score (nSPS) is 13.9. The Morgan fingerprint density at radius 3 is 2.61 bits per heavy atom. The van der Waals surface area contributed by atoms with Gasteiger partial charge in [0, 0.05) is 74.5 Å². The van der Waals surface area contributed by atoms with Crippen LogP contribution in [-0.2, 0) is 13.0 Å². The molecule has 182 valence electrons. The van der Waals surface area contributed by atoms with Gasteiger partial charge in [0.05, 0.1) is 5.69 Å². The number of benzene rings is 2. The second-order valence-electron chi connectivity index (χ2n) is 9.10. The third-order valence-corrected chi connectivity index (χ3v) is 6.44. The Balaban J connectivity index is 1.21. The quantitative estimate of drug-likeness (QED) is 0.416. The van der Waals surface area contributed by atoms with Crippen molar-refractivity contribution < 1.29 is 4.79 Å². The summed E-state index contributed by atoms with van der Waals surface area (Å²) in [5, 5.41) is 6.40. The van der Waals surface area contributed by atoms with Gasteiger partial charge >= 0.3 is 0 Å². The van der Waals surface area contributed by atoms with E-state index in [0.717, 1.165) is 66.6 Å². The van der Waals surface area contributed by atoms with E-state index in [2.05, 4.69) is 25.5 Å². The average molecular weight is 479 g/mol. The van der Waals surface area contributed by atoms with Crippen LogP contribution in [-0.4, -0.2) is 51.9 Å². The van der Waals surface area contributed by atoms with E-state index in [0.29, 0.717) is 12.0 Å². The molecule has 2 aromatic carbocycles. The molecule has 0 saturated carbocycles. The number of carbonyl (C=O) groups excluding carboxylic acids is 1. The minimum atomic E-state index is -0.108. The van der Waals surface area contributed by atoms with Gasteiger partial charge in [0.15, 0.2) is 0 Å². The van der Waals surface area contributed by atoms with Crippen molar-refractivity contribution in [3.8, 4) is 11.3 Å². The zero-order valence-electron chi connectivity index (χ0n) is 20.4. The highest BCUT2D eigenvalue weighted by Gasteiger charge is 2.12. The number of hydrogen-bond acceptors (Lipinski definition) is 6. The van der Waals surface area contributed by atoms with Gasteiger partial charge in [-0.05, 0) is 66.1 Å². The number of pyridine rings is 1. The molecule has 1 saturated heterocycles. The fourth-order valence-corrected chi connectivity index (χ4v) is 4.39. The molecule has 3 heterocycles. The monoisotopic (exact) mass is 478 g/mol. The molecule has 0 bridgehead atoms. The van der Waals surface area contributed by atoms with E-state index in [4.69, 9.17) is 4.98 Å². The van der Waals surface area contributed by atoms with Crippen molar-refractivity contribution in [3.63, 3.8) is 0 Å². The van der Waals surface area contributed by atoms with Gasteiger partial charge in [-0.3, -0.25) is 14.7 Å². The molecule has 2 aromatic heterocycles. The Bertz CT molecular complexity index is 1320. The summed E-state index contributed by atoms with van der Waals surface area (Å²) in [5.74, 6) is 0.639. The second kappa shape index (κ2) is 11.2. The highest BCUT2D eigenvalue weighted by atomic mass is 16.1. The fourth-order valence-electron chi connectivity index (χ4n) is 4.39. The summed E-state index contributed by atoms with van der Waals surface area (Å²) in [7, 11) is 0. The van der Waals surface area contributed by atoms with Gasteiger partial charge in [0.2, 0.25) is 0 Å². The maximum atomic E-state index is 12.8. The highest BCUT2D eigenvalue weighted by Crippen LogP contribution is 2.20. The minimum Gasteiger partial charge on any atom is -0.322 e. The first kappa shape index (κ1) is 23.8. The lowest BCUT2D eigenvalue weighted by Crippen LogP contribution is -2.42. The summed E-state index contributed by atoms with van der Waals surface area (Å²) in [6, 6.07) is 19.6. The summed E-state index contributed by atoms with van der Waals surface area (Å²) in [6.07, 6.45) is 5.94. The molecule has 1 aliphatic rings. The molecule has 0 spiro atoms. The van der Waals surface area contributed by atoms with Gasteiger partial charge < -0.3 is 10.6 Å². The van der Waals surface area contributed by atoms with Crippen molar-refractivity contribution in [1.29, 1.82) is 0 Å². The lowest BCUT2D eigenvalue weighted by atomic mass is 10.0. The van der Waals surface area contributed by atoms with Crippen molar-refractivity contribution in [3.05, 3.63) is 107 Å². The third-order valence-electron chi connectivity index (χ3n) is 6.44. The van der Waals surface area contributed by atoms with Crippen LogP contribution in [0, 0.1) is 6.92 Å². The molecule has 7 nitrogen and oxygen atoms in total. The van der Waals surface area contributed by atoms with Crippen molar-refractivity contribution in [2.75, 3.05) is 31.5 Å². The number of piperazine rings is 1. The predicted octanol–water partition coefficient (Wildman–Crippen LogP) is 4.10. The highest BCUT2D eigenvalue weighted by molar-refractivity contribution is 6.04. The van der Waals surface area contributed by atoms with Crippen LogP contribution in [0.1, 0.15) is 32.9 Å². The van der Waals surface area contributed by atoms with Crippen molar-refractivity contribution in [1.82, 2.24) is 25.2 Å². The van der Waals surface area contributed by atoms with Crippen LogP contribution in [0.5, 0.6) is 0 Å². The van der Waals surface area contributed by atoms with E-state index in [1.54, 1.807) is 18.6 Å². The maximum Gasteiger partial charge on any atom is 0.255 e. The second-order valence-corrected chi connectivity index (χ2v) is 9.10. The Morgan fingerprint density at radius 2 is 1.86 bits per heavy atom. The SMILES string of the molecule is Cc1cc(NC(=O)c2ccc(CN3CCNCC3)cc2)ccc1Cc1nccc(-c2cccnc2)n1. The van der Waals surface area contributed by atoms with Gasteiger partial charge in [-0.15, -0.1) is 0 Å². The van der Waals surface area contributed by atoms with Crippen molar-refractivity contribution in [2.24, 2.45) is 0 Å².